The highest BCUT2D eigenvalue weighted by molar-refractivity contribution is 7.01. The summed E-state index contributed by atoms with van der Waals surface area (Å²) in [6.45, 7) is 8.82. The van der Waals surface area contributed by atoms with Crippen molar-refractivity contribution in [2.45, 2.75) is 13.1 Å². The number of carboxylic acid groups (broad SMARTS) is 1. The zero-order valence-corrected chi connectivity index (χ0v) is 24.4. The van der Waals surface area contributed by atoms with Crippen molar-refractivity contribution in [3.63, 3.8) is 0 Å². The molecule has 0 saturated heterocycles. The fraction of sp³-hybridized carbons (Fsp3) is 0.188. The Labute approximate surface area is 238 Å². The molecule has 0 bridgehead atoms. The van der Waals surface area contributed by atoms with Crippen molar-refractivity contribution in [3.8, 4) is 0 Å². The Kier molecular flexibility index (Phi) is 7.00. The van der Waals surface area contributed by atoms with E-state index in [2.05, 4.69) is 37.1 Å². The highest BCUT2D eigenvalue weighted by atomic mass is 28.3. The molecular weight excluding hydrogens is 534 g/mol. The van der Waals surface area contributed by atoms with Crippen LogP contribution in [0.5, 0.6) is 0 Å². The third-order valence-corrected chi connectivity index (χ3v) is 11.3. The molecule has 2 heterocycles. The molecule has 208 valence electrons. The van der Waals surface area contributed by atoms with Crippen molar-refractivity contribution in [1.29, 1.82) is 0 Å². The van der Waals surface area contributed by atoms with E-state index in [-0.39, 0.29) is 24.2 Å². The topological polar surface area (TPSA) is 107 Å². The Morgan fingerprint density at radius 3 is 2.29 bits per heavy atom. The lowest BCUT2D eigenvalue weighted by molar-refractivity contribution is -0.136. The first-order valence-electron chi connectivity index (χ1n) is 13.3. The van der Waals surface area contributed by atoms with E-state index < -0.39 is 31.8 Å². The number of hydrogen-bond acceptors (Lipinski definition) is 5. The van der Waals surface area contributed by atoms with Crippen molar-refractivity contribution in [1.82, 2.24) is 10.2 Å². The minimum absolute atomic E-state index is 0.0376. The fourth-order valence-electron chi connectivity index (χ4n) is 5.57. The Bertz CT molecular complexity index is 1770. The predicted octanol–water partition coefficient (Wildman–Crippen LogP) is 0.899. The lowest BCUT2D eigenvalue weighted by atomic mass is 9.89. The van der Waals surface area contributed by atoms with Gasteiger partial charge in [-0.1, -0.05) is 43.9 Å². The Morgan fingerprint density at radius 1 is 0.927 bits per heavy atom. The molecule has 3 amide bonds. The molecule has 5 rings (SSSR count). The summed E-state index contributed by atoms with van der Waals surface area (Å²) in [5.41, 5.74) is 3.58. The second-order valence-corrected chi connectivity index (χ2v) is 15.3. The summed E-state index contributed by atoms with van der Waals surface area (Å²) in [4.78, 5) is 52.4. The number of nitrogens with zero attached hydrogens (tertiary/aromatic N) is 2. The van der Waals surface area contributed by atoms with Crippen molar-refractivity contribution < 1.29 is 24.3 Å². The number of aromatic carboxylic acids is 1. The van der Waals surface area contributed by atoms with Crippen LogP contribution >= 0.6 is 0 Å². The molecule has 0 saturated carbocycles. The number of imide groups is 1. The lowest BCUT2D eigenvalue weighted by Gasteiger charge is -2.34. The van der Waals surface area contributed by atoms with Crippen molar-refractivity contribution >= 4 is 60.0 Å². The molecule has 8 nitrogen and oxygen atoms in total. The van der Waals surface area contributed by atoms with E-state index in [1.807, 2.05) is 43.3 Å². The summed E-state index contributed by atoms with van der Waals surface area (Å²) in [6, 6.07) is 16.8. The number of carboxylic acids is 1. The zero-order valence-electron chi connectivity index (χ0n) is 23.4. The Balaban J connectivity index is 1.64. The first-order valence-corrected chi connectivity index (χ1v) is 16.3. The largest absolute Gasteiger partial charge is 0.478 e. The Morgan fingerprint density at radius 2 is 1.63 bits per heavy atom. The molecule has 3 aromatic rings. The van der Waals surface area contributed by atoms with Gasteiger partial charge in [0.1, 0.15) is 8.07 Å². The van der Waals surface area contributed by atoms with Crippen LogP contribution in [0.4, 0.5) is 5.69 Å². The monoisotopic (exact) mass is 565 g/mol. The Hall–Kier alpha value is -4.76. The maximum Gasteiger partial charge on any atom is 0.336 e. The van der Waals surface area contributed by atoms with E-state index in [1.165, 1.54) is 29.5 Å². The van der Waals surface area contributed by atoms with Gasteiger partial charge in [-0.25, -0.2) is 4.79 Å². The molecule has 3 aromatic carbocycles. The number of fused-ring (bicyclic) bond motifs is 2. The summed E-state index contributed by atoms with van der Waals surface area (Å²) >= 11 is 0. The van der Waals surface area contributed by atoms with Crippen molar-refractivity contribution in [2.24, 2.45) is 0 Å². The van der Waals surface area contributed by atoms with E-state index in [9.17, 15) is 24.3 Å². The van der Waals surface area contributed by atoms with Crippen LogP contribution in [0.25, 0.3) is 12.2 Å². The van der Waals surface area contributed by atoms with Gasteiger partial charge in [-0.2, -0.15) is 0 Å². The van der Waals surface area contributed by atoms with Crippen LogP contribution < -0.4 is 31.0 Å². The molecule has 0 fully saturated rings. The third kappa shape index (κ3) is 4.89. The molecule has 0 spiro atoms. The summed E-state index contributed by atoms with van der Waals surface area (Å²) in [5.74, 6) is -2.37. The number of nitrogens with one attached hydrogen (secondary N) is 1. The highest BCUT2D eigenvalue weighted by Gasteiger charge is 2.36. The van der Waals surface area contributed by atoms with Crippen LogP contribution in [0.3, 0.4) is 0 Å². The van der Waals surface area contributed by atoms with Crippen LogP contribution in [0.2, 0.25) is 13.1 Å². The van der Waals surface area contributed by atoms with Crippen LogP contribution in [-0.4, -0.2) is 69.0 Å². The van der Waals surface area contributed by atoms with E-state index >= 15 is 0 Å². The summed E-state index contributed by atoms with van der Waals surface area (Å²) < 4.78 is 0. The second-order valence-electron chi connectivity index (χ2n) is 11.0. The van der Waals surface area contributed by atoms with Gasteiger partial charge < -0.3 is 15.3 Å². The van der Waals surface area contributed by atoms with Crippen molar-refractivity contribution in [3.05, 3.63) is 99.4 Å². The van der Waals surface area contributed by atoms with Crippen LogP contribution in [0.15, 0.2) is 66.7 Å². The van der Waals surface area contributed by atoms with Gasteiger partial charge in [-0.05, 0) is 67.8 Å². The molecule has 2 aliphatic rings. The van der Waals surface area contributed by atoms with Gasteiger partial charge in [0.2, 0.25) is 0 Å². The first kappa shape index (κ1) is 27.8. The smallest absolute Gasteiger partial charge is 0.336 e. The molecule has 0 aliphatic carbocycles. The highest BCUT2D eigenvalue weighted by Crippen LogP contribution is 2.30. The first-order chi connectivity index (χ1) is 19.4. The van der Waals surface area contributed by atoms with Gasteiger partial charge in [0, 0.05) is 50.6 Å². The predicted molar refractivity (Wildman–Crippen MR) is 162 cm³/mol. The van der Waals surface area contributed by atoms with Crippen LogP contribution in [0.1, 0.15) is 31.8 Å². The van der Waals surface area contributed by atoms with Crippen molar-refractivity contribution in [2.75, 3.05) is 32.1 Å². The second kappa shape index (κ2) is 10.3. The number of carbonyl (C=O) groups is 4. The average molecular weight is 566 g/mol. The number of amides is 3. The summed E-state index contributed by atoms with van der Waals surface area (Å²) in [6.07, 6.45) is 2.39. The summed E-state index contributed by atoms with van der Waals surface area (Å²) in [7, 11) is 1.76. The molecular formula is C32H31N3O5Si. The molecule has 41 heavy (non-hydrogen) atoms. The van der Waals surface area contributed by atoms with Gasteiger partial charge in [-0.3, -0.25) is 19.3 Å². The van der Waals surface area contributed by atoms with Gasteiger partial charge in [0.15, 0.2) is 0 Å². The average Bonchev–Trinajstić information content (AvgIpc) is 3.25. The van der Waals surface area contributed by atoms with Gasteiger partial charge in [0.25, 0.3) is 17.7 Å². The van der Waals surface area contributed by atoms with Crippen LogP contribution in [-0.2, 0) is 9.59 Å². The van der Waals surface area contributed by atoms with Gasteiger partial charge in [-0.15, -0.1) is 0 Å². The van der Waals surface area contributed by atoms with E-state index in [0.29, 0.717) is 5.56 Å². The number of benzene rings is 3. The minimum Gasteiger partial charge on any atom is -0.478 e. The van der Waals surface area contributed by atoms with Gasteiger partial charge in [0.05, 0.1) is 5.56 Å². The minimum atomic E-state index is -2.22. The molecule has 0 atom stereocenters. The standard InChI is InChI=1S/C32H31N3O5Si/c1-19-6-9-23-26(16-19)41(4,5)27-18-21(34(2)3)8-11-24(27)30(23)25-17-20(7-10-22(25)32(39)40)31(38)33-14-15-35-28(36)12-13-29(35)37/h6-13,16-18H,1,14-15H2,2-5H3,(H,33,38)(H,39,40). The maximum atomic E-state index is 13.2. The SMILES string of the molecule is C=c1ccc2c(c1)[Si](C)(C)c1cc(N(C)C)ccc1C=2c1cc(C(=O)NCCN2C(=O)C=CC2=O)ccc1C(=O)O. The van der Waals surface area contributed by atoms with E-state index in [1.54, 1.807) is 6.07 Å². The number of hydrogen-bond donors (Lipinski definition) is 2. The summed E-state index contributed by atoms with van der Waals surface area (Å²) in [5, 5.41) is 17.1. The maximum absolute atomic E-state index is 13.2. The van der Waals surface area contributed by atoms with Gasteiger partial charge >= 0.3 is 5.97 Å². The quantitative estimate of drug-likeness (QED) is 0.326. The number of carbonyl (C=O) groups excluding carboxylic acids is 3. The lowest BCUT2D eigenvalue weighted by Crippen LogP contribution is -2.63. The molecule has 9 heteroatoms. The molecule has 2 N–H and O–H groups in total. The molecule has 2 aliphatic heterocycles. The van der Waals surface area contributed by atoms with E-state index in [0.717, 1.165) is 37.3 Å². The zero-order chi connectivity index (χ0) is 29.6. The molecule has 0 unspecified atom stereocenters. The van der Waals surface area contributed by atoms with E-state index in [4.69, 9.17) is 0 Å². The molecule has 0 aromatic heterocycles. The normalized spacial score (nSPS) is 15.0. The number of rotatable bonds is 7. The molecule has 0 radical (unpaired) electrons. The third-order valence-electron chi connectivity index (χ3n) is 7.79. The number of anilines is 1. The fourth-order valence-corrected chi connectivity index (χ4v) is 8.67. The van der Waals surface area contributed by atoms with Crippen LogP contribution in [0, 0.1) is 0 Å².